The smallest absolute Gasteiger partial charge is 0.268 e. The molecule has 2 heterocycles. The second-order valence-corrected chi connectivity index (χ2v) is 14.2. The van der Waals surface area contributed by atoms with Gasteiger partial charge in [-0.15, -0.1) is 0 Å². The topological polar surface area (TPSA) is 70.5 Å². The number of carbonyl (C=O) groups is 2. The number of para-hydroxylation sites is 1. The number of anilines is 1. The number of fused-ring (bicyclic) bond motifs is 4. The lowest BCUT2D eigenvalue weighted by Crippen LogP contribution is -2.30. The van der Waals surface area contributed by atoms with E-state index in [4.69, 9.17) is 6.57 Å². The Morgan fingerprint density at radius 2 is 1.09 bits per heavy atom. The van der Waals surface area contributed by atoms with Gasteiger partial charge in [-0.2, -0.15) is 5.26 Å². The molecule has 0 saturated carbocycles. The van der Waals surface area contributed by atoms with Crippen molar-refractivity contribution in [3.8, 4) is 56.3 Å². The SMILES string of the molecule is [C-]#[N+]c1cc(C#N)cc(-c2cccc3c2c2ccccc2n3-c2cccc3c2C(=O)N(c2c(-c4ccccc4)cc(-c4ccccc4)cc2-c2ccccc2)C3=O)c1. The Morgan fingerprint density at radius 3 is 1.74 bits per heavy atom. The van der Waals surface area contributed by atoms with Crippen LogP contribution in [0.25, 0.3) is 76.8 Å². The third-order valence-electron chi connectivity index (χ3n) is 10.9. The molecule has 6 nitrogen and oxygen atoms in total. The average molecular weight is 743 g/mol. The molecule has 58 heavy (non-hydrogen) atoms. The largest absolute Gasteiger partial charge is 0.308 e. The highest BCUT2D eigenvalue weighted by atomic mass is 16.2. The summed E-state index contributed by atoms with van der Waals surface area (Å²) in [5.74, 6) is -0.812. The second-order valence-electron chi connectivity index (χ2n) is 14.2. The number of hydrogen-bond donors (Lipinski definition) is 0. The molecule has 0 N–H and O–H groups in total. The van der Waals surface area contributed by atoms with Gasteiger partial charge >= 0.3 is 0 Å². The van der Waals surface area contributed by atoms with E-state index in [1.807, 2.05) is 133 Å². The summed E-state index contributed by atoms with van der Waals surface area (Å²) in [6.07, 6.45) is 0. The molecule has 0 bridgehead atoms. The number of amides is 2. The number of benzene rings is 8. The minimum absolute atomic E-state index is 0.312. The van der Waals surface area contributed by atoms with Gasteiger partial charge in [-0.25, -0.2) is 9.74 Å². The van der Waals surface area contributed by atoms with E-state index in [0.717, 1.165) is 66.3 Å². The monoisotopic (exact) mass is 742 g/mol. The molecular weight excluding hydrogens is 713 g/mol. The van der Waals surface area contributed by atoms with Gasteiger partial charge in [0.05, 0.1) is 46.2 Å². The van der Waals surface area contributed by atoms with Crippen LogP contribution in [0.3, 0.4) is 0 Å². The minimum atomic E-state index is -0.414. The molecule has 8 aromatic carbocycles. The van der Waals surface area contributed by atoms with Gasteiger partial charge in [0, 0.05) is 27.5 Å². The predicted molar refractivity (Wildman–Crippen MR) is 231 cm³/mol. The molecule has 270 valence electrons. The molecule has 0 unspecified atom stereocenters. The van der Waals surface area contributed by atoms with Crippen LogP contribution < -0.4 is 4.90 Å². The molecule has 2 amide bonds. The molecule has 10 rings (SSSR count). The van der Waals surface area contributed by atoms with Crippen molar-refractivity contribution in [3.05, 3.63) is 210 Å². The van der Waals surface area contributed by atoms with Gasteiger partial charge in [0.15, 0.2) is 5.69 Å². The molecule has 1 aliphatic rings. The number of hydrogen-bond acceptors (Lipinski definition) is 3. The first-order valence-electron chi connectivity index (χ1n) is 18.9. The van der Waals surface area contributed by atoms with Crippen LogP contribution in [0, 0.1) is 17.9 Å². The van der Waals surface area contributed by atoms with Crippen LogP contribution in [0.5, 0.6) is 0 Å². The minimum Gasteiger partial charge on any atom is -0.308 e. The van der Waals surface area contributed by atoms with Crippen LogP contribution in [0.1, 0.15) is 26.3 Å². The lowest BCUT2D eigenvalue weighted by molar-refractivity contribution is 0.0926. The van der Waals surface area contributed by atoms with Crippen LogP contribution in [0.4, 0.5) is 11.4 Å². The highest BCUT2D eigenvalue weighted by molar-refractivity contribution is 6.37. The summed E-state index contributed by atoms with van der Waals surface area (Å²) >= 11 is 0. The van der Waals surface area contributed by atoms with Gasteiger partial charge < -0.3 is 4.57 Å². The van der Waals surface area contributed by atoms with Crippen LogP contribution in [-0.4, -0.2) is 16.4 Å². The Kier molecular flexibility index (Phi) is 8.11. The molecule has 0 atom stereocenters. The van der Waals surface area contributed by atoms with Crippen molar-refractivity contribution < 1.29 is 9.59 Å². The van der Waals surface area contributed by atoms with Crippen molar-refractivity contribution in [1.82, 2.24) is 4.57 Å². The number of nitrogens with zero attached hydrogens (tertiary/aromatic N) is 4. The van der Waals surface area contributed by atoms with Gasteiger partial charge in [0.1, 0.15) is 0 Å². The maximum absolute atomic E-state index is 15.4. The summed E-state index contributed by atoms with van der Waals surface area (Å²) < 4.78 is 2.06. The van der Waals surface area contributed by atoms with Crippen molar-refractivity contribution in [2.24, 2.45) is 0 Å². The second kappa shape index (κ2) is 13.8. The Labute approximate surface area is 334 Å². The first-order valence-corrected chi connectivity index (χ1v) is 18.9. The Morgan fingerprint density at radius 1 is 0.500 bits per heavy atom. The van der Waals surface area contributed by atoms with E-state index < -0.39 is 11.8 Å². The van der Waals surface area contributed by atoms with Crippen molar-refractivity contribution in [3.63, 3.8) is 0 Å². The van der Waals surface area contributed by atoms with Crippen LogP contribution in [0.15, 0.2) is 182 Å². The standard InChI is InChI=1S/C52H30N4O2/c1-54-39-28-33(32-53)27-38(29-39)40-22-13-25-46-48(40)41-21-11-12-24-45(41)55(46)47-26-14-23-42-49(47)52(58)56(51(42)57)50-43(35-17-7-3-8-18-35)30-37(34-15-5-2-6-16-34)31-44(50)36-19-9-4-10-20-36/h2-31H. The summed E-state index contributed by atoms with van der Waals surface area (Å²) in [5, 5.41) is 11.7. The zero-order valence-electron chi connectivity index (χ0n) is 30.9. The Hall–Kier alpha value is -8.32. The highest BCUT2D eigenvalue weighted by Crippen LogP contribution is 2.47. The van der Waals surface area contributed by atoms with Crippen LogP contribution in [0.2, 0.25) is 0 Å². The molecule has 0 radical (unpaired) electrons. The van der Waals surface area contributed by atoms with E-state index in [-0.39, 0.29) is 0 Å². The molecule has 9 aromatic rings. The molecule has 0 saturated heterocycles. The number of nitriles is 1. The third-order valence-corrected chi connectivity index (χ3v) is 10.9. The summed E-state index contributed by atoms with van der Waals surface area (Å²) in [6, 6.07) is 60.9. The van der Waals surface area contributed by atoms with Crippen molar-refractivity contribution in [2.75, 3.05) is 4.90 Å². The molecule has 1 aromatic heterocycles. The zero-order valence-corrected chi connectivity index (χ0v) is 30.9. The highest BCUT2D eigenvalue weighted by Gasteiger charge is 2.42. The van der Waals surface area contributed by atoms with Crippen molar-refractivity contribution in [2.45, 2.75) is 0 Å². The fraction of sp³-hybridized carbons (Fsp3) is 0. The van der Waals surface area contributed by atoms with Crippen molar-refractivity contribution >= 4 is 45.0 Å². The van der Waals surface area contributed by atoms with Gasteiger partial charge in [-0.05, 0) is 88.0 Å². The van der Waals surface area contributed by atoms with Gasteiger partial charge in [0.25, 0.3) is 11.8 Å². The summed E-state index contributed by atoms with van der Waals surface area (Å²) in [4.78, 5) is 35.4. The Bertz CT molecular complexity index is 3130. The number of aromatic nitrogens is 1. The zero-order chi connectivity index (χ0) is 39.3. The first-order chi connectivity index (χ1) is 28.5. The lowest BCUT2D eigenvalue weighted by Gasteiger charge is -2.24. The maximum Gasteiger partial charge on any atom is 0.268 e. The Balaban J connectivity index is 1.22. The maximum atomic E-state index is 15.4. The predicted octanol–water partition coefficient (Wildman–Crippen LogP) is 12.7. The van der Waals surface area contributed by atoms with Gasteiger partial charge in [0.2, 0.25) is 0 Å². The van der Waals surface area contributed by atoms with E-state index in [0.29, 0.717) is 33.8 Å². The van der Waals surface area contributed by atoms with E-state index in [9.17, 15) is 10.1 Å². The van der Waals surface area contributed by atoms with E-state index >= 15 is 4.79 Å². The summed E-state index contributed by atoms with van der Waals surface area (Å²) in [5.41, 5.74) is 11.0. The summed E-state index contributed by atoms with van der Waals surface area (Å²) in [6.45, 7) is 7.69. The number of rotatable bonds is 6. The fourth-order valence-electron chi connectivity index (χ4n) is 8.42. The van der Waals surface area contributed by atoms with Crippen LogP contribution >= 0.6 is 0 Å². The van der Waals surface area contributed by atoms with Crippen LogP contribution in [-0.2, 0) is 0 Å². The lowest BCUT2D eigenvalue weighted by atomic mass is 9.90. The van der Waals surface area contributed by atoms with Gasteiger partial charge in [-0.1, -0.05) is 127 Å². The molecular formula is C52H30N4O2. The molecule has 0 aliphatic carbocycles. The van der Waals surface area contributed by atoms with Crippen molar-refractivity contribution in [1.29, 1.82) is 5.26 Å². The average Bonchev–Trinajstić information content (AvgIpc) is 3.76. The van der Waals surface area contributed by atoms with Gasteiger partial charge in [-0.3, -0.25) is 9.59 Å². The van der Waals surface area contributed by atoms with E-state index in [1.165, 1.54) is 4.90 Å². The van der Waals surface area contributed by atoms with E-state index in [2.05, 4.69) is 39.7 Å². The van der Waals surface area contributed by atoms with E-state index in [1.54, 1.807) is 24.3 Å². The molecule has 0 fully saturated rings. The summed E-state index contributed by atoms with van der Waals surface area (Å²) in [7, 11) is 0. The third kappa shape index (κ3) is 5.40. The first kappa shape index (κ1) is 34.2. The normalized spacial score (nSPS) is 12.1. The fourth-order valence-corrected chi connectivity index (χ4v) is 8.42. The molecule has 6 heteroatoms. The quantitative estimate of drug-likeness (QED) is 0.126. The molecule has 1 aliphatic heterocycles. The number of carbonyl (C=O) groups excluding carboxylic acids is 2. The molecule has 0 spiro atoms. The number of imide groups is 1.